The Morgan fingerprint density at radius 1 is 1.00 bits per heavy atom. The van der Waals surface area contributed by atoms with Gasteiger partial charge in [0, 0.05) is 5.38 Å². The predicted octanol–water partition coefficient (Wildman–Crippen LogP) is 4.80. The van der Waals surface area contributed by atoms with E-state index in [-0.39, 0.29) is 0 Å². The van der Waals surface area contributed by atoms with Gasteiger partial charge in [0.25, 0.3) is 0 Å². The average Bonchev–Trinajstić information content (AvgIpc) is 2.73. The number of nitrogens with two attached hydrogens (primary N) is 1. The molecule has 0 amide bonds. The van der Waals surface area contributed by atoms with Crippen molar-refractivity contribution in [3.8, 4) is 0 Å². The van der Waals surface area contributed by atoms with E-state index in [1.807, 2.05) is 0 Å². The van der Waals surface area contributed by atoms with Gasteiger partial charge < -0.3 is 5.73 Å². The molecule has 0 aliphatic rings. The Bertz CT molecular complexity index is 284. The topological polar surface area (TPSA) is 38.9 Å². The lowest BCUT2D eigenvalue weighted by Crippen LogP contribution is -1.88. The number of hydrogen-bond donors (Lipinski definition) is 1. The van der Waals surface area contributed by atoms with Crippen LogP contribution in [-0.2, 0) is 6.42 Å². The molecule has 0 aromatic carbocycles. The molecule has 1 rings (SSSR count). The van der Waals surface area contributed by atoms with Crippen LogP contribution in [0.1, 0.15) is 70.4 Å². The van der Waals surface area contributed by atoms with Gasteiger partial charge in [0.1, 0.15) is 0 Å². The molecule has 0 radical (unpaired) electrons. The Morgan fingerprint density at radius 2 is 1.59 bits per heavy atom. The number of unbranched alkanes of at least 4 members (excludes halogenated alkanes) is 8. The SMILES string of the molecule is CCCCCCCCCCCc1csc(N)n1. The van der Waals surface area contributed by atoms with Crippen LogP contribution in [0.4, 0.5) is 5.13 Å². The second-order valence-corrected chi connectivity index (χ2v) is 5.65. The molecule has 0 fully saturated rings. The van der Waals surface area contributed by atoms with Crippen molar-refractivity contribution in [1.82, 2.24) is 4.98 Å². The van der Waals surface area contributed by atoms with Crippen molar-refractivity contribution in [2.24, 2.45) is 0 Å². The number of hydrogen-bond acceptors (Lipinski definition) is 3. The van der Waals surface area contributed by atoms with E-state index < -0.39 is 0 Å². The third-order valence-corrected chi connectivity index (χ3v) is 3.83. The zero-order valence-electron chi connectivity index (χ0n) is 11.1. The van der Waals surface area contributed by atoms with Crippen LogP contribution in [0.5, 0.6) is 0 Å². The Morgan fingerprint density at radius 3 is 2.12 bits per heavy atom. The van der Waals surface area contributed by atoms with Gasteiger partial charge in [-0.05, 0) is 12.8 Å². The zero-order chi connectivity index (χ0) is 12.3. The van der Waals surface area contributed by atoms with Crippen molar-refractivity contribution in [1.29, 1.82) is 0 Å². The van der Waals surface area contributed by atoms with E-state index in [9.17, 15) is 0 Å². The van der Waals surface area contributed by atoms with Crippen molar-refractivity contribution >= 4 is 16.5 Å². The summed E-state index contributed by atoms with van der Waals surface area (Å²) in [6.45, 7) is 2.27. The molecule has 0 saturated heterocycles. The second kappa shape index (κ2) is 9.46. The lowest BCUT2D eigenvalue weighted by molar-refractivity contribution is 0.564. The smallest absolute Gasteiger partial charge is 0.180 e. The summed E-state index contributed by atoms with van der Waals surface area (Å²) >= 11 is 1.55. The van der Waals surface area contributed by atoms with E-state index in [2.05, 4.69) is 17.3 Å². The molecule has 0 atom stereocenters. The quantitative estimate of drug-likeness (QED) is 0.609. The largest absolute Gasteiger partial charge is 0.375 e. The molecule has 3 heteroatoms. The van der Waals surface area contributed by atoms with Gasteiger partial charge in [-0.25, -0.2) is 4.98 Å². The number of nitrogen functional groups attached to an aromatic ring is 1. The third-order valence-electron chi connectivity index (χ3n) is 3.11. The molecule has 0 unspecified atom stereocenters. The molecule has 0 saturated carbocycles. The molecule has 2 N–H and O–H groups in total. The van der Waals surface area contributed by atoms with Crippen molar-refractivity contribution in [2.45, 2.75) is 71.1 Å². The fraction of sp³-hybridized carbons (Fsp3) is 0.786. The van der Waals surface area contributed by atoms with Crippen molar-refractivity contribution in [3.05, 3.63) is 11.1 Å². The van der Waals surface area contributed by atoms with E-state index in [0.29, 0.717) is 5.13 Å². The zero-order valence-corrected chi connectivity index (χ0v) is 11.9. The summed E-state index contributed by atoms with van der Waals surface area (Å²) < 4.78 is 0. The Balaban J connectivity index is 1.84. The lowest BCUT2D eigenvalue weighted by atomic mass is 10.1. The third kappa shape index (κ3) is 7.37. The summed E-state index contributed by atoms with van der Waals surface area (Å²) in [7, 11) is 0. The monoisotopic (exact) mass is 254 g/mol. The first-order valence-corrected chi connectivity index (χ1v) is 7.90. The van der Waals surface area contributed by atoms with E-state index in [4.69, 9.17) is 5.73 Å². The van der Waals surface area contributed by atoms with Crippen molar-refractivity contribution in [2.75, 3.05) is 5.73 Å². The summed E-state index contributed by atoms with van der Waals surface area (Å²) in [4.78, 5) is 4.27. The molecule has 1 heterocycles. The van der Waals surface area contributed by atoms with Crippen LogP contribution in [0.3, 0.4) is 0 Å². The van der Waals surface area contributed by atoms with Crippen LogP contribution in [-0.4, -0.2) is 4.98 Å². The van der Waals surface area contributed by atoms with E-state index in [1.54, 1.807) is 11.3 Å². The molecule has 17 heavy (non-hydrogen) atoms. The standard InChI is InChI=1S/C14H26N2S/c1-2-3-4-5-6-7-8-9-10-11-13-12-17-14(15)16-13/h12H,2-11H2,1H3,(H2,15,16). The van der Waals surface area contributed by atoms with Gasteiger partial charge >= 0.3 is 0 Å². The highest BCUT2D eigenvalue weighted by Gasteiger charge is 1.98. The first-order valence-electron chi connectivity index (χ1n) is 7.03. The molecule has 0 bridgehead atoms. The molecule has 2 nitrogen and oxygen atoms in total. The number of aromatic nitrogens is 1. The molecule has 98 valence electrons. The maximum Gasteiger partial charge on any atom is 0.180 e. The summed E-state index contributed by atoms with van der Waals surface area (Å²) in [6, 6.07) is 0. The Hall–Kier alpha value is -0.570. The number of rotatable bonds is 10. The summed E-state index contributed by atoms with van der Waals surface area (Å²) in [6.07, 6.45) is 13.5. The first kappa shape index (κ1) is 14.5. The highest BCUT2D eigenvalue weighted by molar-refractivity contribution is 7.13. The molecule has 1 aromatic rings. The molecule has 0 aliphatic carbocycles. The minimum atomic E-state index is 0.705. The second-order valence-electron chi connectivity index (χ2n) is 4.76. The Kier molecular flexibility index (Phi) is 8.06. The summed E-state index contributed by atoms with van der Waals surface area (Å²) in [5, 5.41) is 2.79. The van der Waals surface area contributed by atoms with Gasteiger partial charge in [0.2, 0.25) is 0 Å². The van der Waals surface area contributed by atoms with Crippen molar-refractivity contribution in [3.63, 3.8) is 0 Å². The van der Waals surface area contributed by atoms with E-state index >= 15 is 0 Å². The Labute approximate surface area is 110 Å². The van der Waals surface area contributed by atoms with Crippen LogP contribution < -0.4 is 5.73 Å². The van der Waals surface area contributed by atoms with Crippen LogP contribution >= 0.6 is 11.3 Å². The normalized spacial score (nSPS) is 10.9. The van der Waals surface area contributed by atoms with Crippen LogP contribution in [0.2, 0.25) is 0 Å². The minimum absolute atomic E-state index is 0.705. The van der Waals surface area contributed by atoms with Crippen LogP contribution in [0.25, 0.3) is 0 Å². The van der Waals surface area contributed by atoms with Gasteiger partial charge in [0.05, 0.1) is 5.69 Å². The van der Waals surface area contributed by atoms with E-state index in [1.165, 1.54) is 63.5 Å². The van der Waals surface area contributed by atoms with Crippen LogP contribution in [0.15, 0.2) is 5.38 Å². The highest BCUT2D eigenvalue weighted by Crippen LogP contribution is 2.15. The summed E-state index contributed by atoms with van der Waals surface area (Å²) in [5.41, 5.74) is 6.77. The fourth-order valence-electron chi connectivity index (χ4n) is 2.05. The molecule has 0 aliphatic heterocycles. The van der Waals surface area contributed by atoms with E-state index in [0.717, 1.165) is 6.42 Å². The van der Waals surface area contributed by atoms with Gasteiger partial charge in [-0.15, -0.1) is 11.3 Å². The van der Waals surface area contributed by atoms with Gasteiger partial charge in [-0.3, -0.25) is 0 Å². The van der Waals surface area contributed by atoms with Crippen LogP contribution in [0, 0.1) is 0 Å². The number of anilines is 1. The van der Waals surface area contributed by atoms with Gasteiger partial charge in [-0.2, -0.15) is 0 Å². The maximum atomic E-state index is 5.60. The predicted molar refractivity (Wildman–Crippen MR) is 77.5 cm³/mol. The number of aryl methyl sites for hydroxylation is 1. The first-order chi connectivity index (χ1) is 8.33. The molecular formula is C14H26N2S. The molecule has 0 spiro atoms. The summed E-state index contributed by atoms with van der Waals surface area (Å²) in [5.74, 6) is 0. The maximum absolute atomic E-state index is 5.60. The van der Waals surface area contributed by atoms with Gasteiger partial charge in [-0.1, -0.05) is 58.3 Å². The molecular weight excluding hydrogens is 228 g/mol. The average molecular weight is 254 g/mol. The highest BCUT2D eigenvalue weighted by atomic mass is 32.1. The number of thiazole rings is 1. The van der Waals surface area contributed by atoms with Crippen molar-refractivity contribution < 1.29 is 0 Å². The molecule has 1 aromatic heterocycles. The fourth-order valence-corrected chi connectivity index (χ4v) is 2.65. The minimum Gasteiger partial charge on any atom is -0.375 e. The van der Waals surface area contributed by atoms with Gasteiger partial charge in [0.15, 0.2) is 5.13 Å². The lowest BCUT2D eigenvalue weighted by Gasteiger charge is -2.01. The number of nitrogens with zero attached hydrogens (tertiary/aromatic N) is 1.